The lowest BCUT2D eigenvalue weighted by atomic mass is 9.93. The summed E-state index contributed by atoms with van der Waals surface area (Å²) in [5.74, 6) is -0.444. The second kappa shape index (κ2) is 6.48. The molecule has 1 aliphatic rings. The molecule has 0 saturated heterocycles. The second-order valence-electron chi connectivity index (χ2n) is 5.47. The Morgan fingerprint density at radius 2 is 2.04 bits per heavy atom. The van der Waals surface area contributed by atoms with Gasteiger partial charge in [0.15, 0.2) is 0 Å². The summed E-state index contributed by atoms with van der Waals surface area (Å²) in [4.78, 5) is 27.1. The molecule has 1 heterocycles. The van der Waals surface area contributed by atoms with E-state index in [9.17, 15) is 9.59 Å². The summed E-state index contributed by atoms with van der Waals surface area (Å²) in [6.45, 7) is 0.344. The largest absolute Gasteiger partial charge is 0.411 e. The van der Waals surface area contributed by atoms with Gasteiger partial charge < -0.3 is 15.5 Å². The normalized spacial score (nSPS) is 15.2. The molecule has 23 heavy (non-hydrogen) atoms. The van der Waals surface area contributed by atoms with Crippen LogP contribution in [0, 0.1) is 0 Å². The van der Waals surface area contributed by atoms with Crippen LogP contribution in [-0.2, 0) is 13.0 Å². The number of nitrogens with zero attached hydrogens (tertiary/aromatic N) is 1. The number of pyridine rings is 1. The molecular formula is C17H17N3O3. The molecule has 0 atom stereocenters. The number of carbonyl (C=O) groups excluding carboxylic acids is 1. The predicted octanol–water partition coefficient (Wildman–Crippen LogP) is 1.82. The van der Waals surface area contributed by atoms with E-state index in [-0.39, 0.29) is 5.56 Å². The fraction of sp³-hybridized carbons (Fsp3) is 0.235. The van der Waals surface area contributed by atoms with Gasteiger partial charge in [-0.15, -0.1) is 0 Å². The Kier molecular flexibility index (Phi) is 4.23. The number of hydrogen-bond acceptors (Lipinski definition) is 4. The van der Waals surface area contributed by atoms with Crippen LogP contribution in [0.3, 0.4) is 0 Å². The molecule has 3 rings (SSSR count). The molecule has 0 fully saturated rings. The monoisotopic (exact) mass is 311 g/mol. The third-order valence-corrected chi connectivity index (χ3v) is 3.94. The van der Waals surface area contributed by atoms with Crippen molar-refractivity contribution in [1.29, 1.82) is 0 Å². The summed E-state index contributed by atoms with van der Waals surface area (Å²) in [5, 5.41) is 15.1. The summed E-state index contributed by atoms with van der Waals surface area (Å²) in [6, 6.07) is 11.0. The molecule has 1 amide bonds. The highest BCUT2D eigenvalue weighted by atomic mass is 16.4. The number of nitrogens with one attached hydrogen (secondary N) is 2. The van der Waals surface area contributed by atoms with E-state index in [1.54, 1.807) is 0 Å². The number of aromatic nitrogens is 1. The van der Waals surface area contributed by atoms with Crippen LogP contribution in [0.2, 0.25) is 0 Å². The maximum Gasteiger partial charge on any atom is 0.261 e. The van der Waals surface area contributed by atoms with E-state index in [1.165, 1.54) is 6.07 Å². The Morgan fingerprint density at radius 3 is 2.78 bits per heavy atom. The Morgan fingerprint density at radius 1 is 1.26 bits per heavy atom. The van der Waals surface area contributed by atoms with Gasteiger partial charge >= 0.3 is 0 Å². The van der Waals surface area contributed by atoms with Crippen molar-refractivity contribution in [2.24, 2.45) is 5.16 Å². The molecule has 0 unspecified atom stereocenters. The van der Waals surface area contributed by atoms with E-state index in [0.717, 1.165) is 12.0 Å². The van der Waals surface area contributed by atoms with E-state index in [4.69, 9.17) is 5.21 Å². The second-order valence-corrected chi connectivity index (χ2v) is 5.47. The molecule has 6 heteroatoms. The van der Waals surface area contributed by atoms with Crippen molar-refractivity contribution in [3.63, 3.8) is 0 Å². The third-order valence-electron chi connectivity index (χ3n) is 3.94. The van der Waals surface area contributed by atoms with Crippen molar-refractivity contribution < 1.29 is 10.0 Å². The van der Waals surface area contributed by atoms with E-state index in [2.05, 4.69) is 15.5 Å². The number of oxime groups is 1. The molecule has 0 saturated carbocycles. The Bertz CT molecular complexity index is 810. The zero-order chi connectivity index (χ0) is 16.2. The van der Waals surface area contributed by atoms with Crippen molar-refractivity contribution in [3.05, 3.63) is 69.1 Å². The van der Waals surface area contributed by atoms with Crippen LogP contribution in [-0.4, -0.2) is 21.8 Å². The molecule has 118 valence electrons. The van der Waals surface area contributed by atoms with E-state index >= 15 is 0 Å². The Hall–Kier alpha value is -2.89. The van der Waals surface area contributed by atoms with E-state index in [0.29, 0.717) is 36.4 Å². The molecular weight excluding hydrogens is 294 g/mol. The average Bonchev–Trinajstić information content (AvgIpc) is 2.59. The standard InChI is InChI=1S/C17H17N3O3/c21-16(18-10-11-5-2-1-3-6-11)13-9-12-14(19-17(13)22)7-4-8-15(12)20-23/h1-3,5-6,9,23H,4,7-8,10H2,(H,18,21)(H,19,22)/b20-15+. The van der Waals surface area contributed by atoms with Crippen LogP contribution in [0.15, 0.2) is 46.3 Å². The van der Waals surface area contributed by atoms with Crippen molar-refractivity contribution >= 4 is 11.6 Å². The quantitative estimate of drug-likeness (QED) is 0.596. The van der Waals surface area contributed by atoms with E-state index < -0.39 is 11.5 Å². The summed E-state index contributed by atoms with van der Waals surface area (Å²) >= 11 is 0. The van der Waals surface area contributed by atoms with Gasteiger partial charge in [0.2, 0.25) is 0 Å². The zero-order valence-corrected chi connectivity index (χ0v) is 12.5. The van der Waals surface area contributed by atoms with Crippen LogP contribution in [0.4, 0.5) is 0 Å². The molecule has 0 spiro atoms. The van der Waals surface area contributed by atoms with Crippen LogP contribution in [0.1, 0.15) is 40.0 Å². The minimum atomic E-state index is -0.444. The Labute approximate surface area is 132 Å². The molecule has 1 aromatic heterocycles. The molecule has 3 N–H and O–H groups in total. The number of H-pyrrole nitrogens is 1. The highest BCUT2D eigenvalue weighted by molar-refractivity contribution is 6.04. The molecule has 6 nitrogen and oxygen atoms in total. The summed E-state index contributed by atoms with van der Waals surface area (Å²) in [7, 11) is 0. The van der Waals surface area contributed by atoms with Gasteiger partial charge in [-0.3, -0.25) is 9.59 Å². The minimum absolute atomic E-state index is 0.0303. The maximum absolute atomic E-state index is 12.3. The van der Waals surface area contributed by atoms with Gasteiger partial charge in [0.1, 0.15) is 5.56 Å². The first-order chi connectivity index (χ1) is 11.2. The smallest absolute Gasteiger partial charge is 0.261 e. The van der Waals surface area contributed by atoms with Gasteiger partial charge in [-0.25, -0.2) is 0 Å². The highest BCUT2D eigenvalue weighted by Gasteiger charge is 2.21. The first-order valence-electron chi connectivity index (χ1n) is 7.48. The lowest BCUT2D eigenvalue weighted by molar-refractivity contribution is 0.0949. The average molecular weight is 311 g/mol. The number of rotatable bonds is 3. The molecule has 1 aliphatic carbocycles. The summed E-state index contributed by atoms with van der Waals surface area (Å²) in [6.07, 6.45) is 2.14. The molecule has 0 bridgehead atoms. The predicted molar refractivity (Wildman–Crippen MR) is 85.9 cm³/mol. The number of amides is 1. The third kappa shape index (κ3) is 3.15. The van der Waals surface area contributed by atoms with Crippen LogP contribution < -0.4 is 10.9 Å². The van der Waals surface area contributed by atoms with Crippen LogP contribution in [0.5, 0.6) is 0 Å². The lowest BCUT2D eigenvalue weighted by Crippen LogP contribution is -2.31. The fourth-order valence-electron chi connectivity index (χ4n) is 2.74. The van der Waals surface area contributed by atoms with Gasteiger partial charge in [0, 0.05) is 17.8 Å². The Balaban J connectivity index is 1.85. The number of fused-ring (bicyclic) bond motifs is 1. The number of carbonyl (C=O) groups is 1. The van der Waals surface area contributed by atoms with Crippen molar-refractivity contribution in [2.45, 2.75) is 25.8 Å². The van der Waals surface area contributed by atoms with Crippen LogP contribution >= 0.6 is 0 Å². The number of aromatic amines is 1. The molecule has 0 radical (unpaired) electrons. The zero-order valence-electron chi connectivity index (χ0n) is 12.5. The highest BCUT2D eigenvalue weighted by Crippen LogP contribution is 2.19. The van der Waals surface area contributed by atoms with Crippen molar-refractivity contribution in [2.75, 3.05) is 0 Å². The van der Waals surface area contributed by atoms with E-state index in [1.807, 2.05) is 30.3 Å². The summed E-state index contributed by atoms with van der Waals surface area (Å²) < 4.78 is 0. The first kappa shape index (κ1) is 15.0. The van der Waals surface area contributed by atoms with Gasteiger partial charge in [-0.2, -0.15) is 0 Å². The number of hydrogen-bond donors (Lipinski definition) is 3. The first-order valence-corrected chi connectivity index (χ1v) is 7.48. The maximum atomic E-state index is 12.3. The van der Waals surface area contributed by atoms with Gasteiger partial charge in [0.05, 0.1) is 5.71 Å². The molecule has 1 aromatic carbocycles. The number of aryl methyl sites for hydroxylation is 1. The topological polar surface area (TPSA) is 94.5 Å². The number of benzene rings is 1. The fourth-order valence-corrected chi connectivity index (χ4v) is 2.74. The lowest BCUT2D eigenvalue weighted by Gasteiger charge is -2.17. The molecule has 2 aromatic rings. The summed E-state index contributed by atoms with van der Waals surface area (Å²) in [5.41, 5.74) is 2.42. The molecule has 0 aliphatic heterocycles. The van der Waals surface area contributed by atoms with Crippen molar-refractivity contribution in [3.8, 4) is 0 Å². The van der Waals surface area contributed by atoms with Gasteiger partial charge in [0.25, 0.3) is 11.5 Å². The van der Waals surface area contributed by atoms with Gasteiger partial charge in [-0.1, -0.05) is 35.5 Å². The van der Waals surface area contributed by atoms with Crippen LogP contribution in [0.25, 0.3) is 0 Å². The minimum Gasteiger partial charge on any atom is -0.411 e. The van der Waals surface area contributed by atoms with Crippen molar-refractivity contribution in [1.82, 2.24) is 10.3 Å². The van der Waals surface area contributed by atoms with Gasteiger partial charge in [-0.05, 0) is 30.9 Å². The SMILES string of the molecule is O=C(NCc1ccccc1)c1cc2c([nH]c1=O)CCC/C2=N\O.